The van der Waals surface area contributed by atoms with E-state index in [0.29, 0.717) is 0 Å². The van der Waals surface area contributed by atoms with Crippen LogP contribution < -0.4 is 5.32 Å². The average Bonchev–Trinajstić information content (AvgIpc) is 2.63. The molecule has 3 nitrogen and oxygen atoms in total. The van der Waals surface area contributed by atoms with E-state index in [1.165, 1.54) is 9.88 Å². The third kappa shape index (κ3) is 4.17. The first-order chi connectivity index (χ1) is 6.86. The Morgan fingerprint density at radius 2 is 2.36 bits per heavy atom. The summed E-state index contributed by atoms with van der Waals surface area (Å²) in [6.45, 7) is 7.63. The molecule has 0 radical (unpaired) electrons. The molecule has 0 aliphatic carbocycles. The molecule has 1 rings (SSSR count). The number of hydrogen-bond donors (Lipinski definition) is 1. The van der Waals surface area contributed by atoms with Crippen molar-refractivity contribution in [3.05, 3.63) is 16.1 Å². The fourth-order valence-electron chi connectivity index (χ4n) is 1.10. The van der Waals surface area contributed by atoms with Crippen LogP contribution in [0, 0.1) is 0 Å². The van der Waals surface area contributed by atoms with E-state index in [2.05, 4.69) is 17.2 Å². The molecule has 80 valence electrons. The molecule has 0 fully saturated rings. The van der Waals surface area contributed by atoms with E-state index in [4.69, 9.17) is 4.74 Å². The minimum atomic E-state index is 0.782. The number of rotatable bonds is 7. The molecule has 1 N–H and O–H groups in total. The fourth-order valence-corrected chi connectivity index (χ4v) is 1.97. The van der Waals surface area contributed by atoms with E-state index in [1.807, 2.05) is 13.1 Å². The summed E-state index contributed by atoms with van der Waals surface area (Å²) >= 11 is 1.77. The Morgan fingerprint density at radius 3 is 3.07 bits per heavy atom. The second-order valence-electron chi connectivity index (χ2n) is 2.95. The topological polar surface area (TPSA) is 34.2 Å². The standard InChI is InChI=1S/C10H18N2OS/c1-3-11-7-9-8-12-10(14-9)5-6-13-4-2/h8,11H,3-7H2,1-2H3. The largest absolute Gasteiger partial charge is 0.381 e. The molecule has 0 aliphatic rings. The van der Waals surface area contributed by atoms with Crippen molar-refractivity contribution in [1.29, 1.82) is 0 Å². The van der Waals surface area contributed by atoms with Crippen molar-refractivity contribution in [2.24, 2.45) is 0 Å². The Kier molecular flexibility index (Phi) is 5.75. The van der Waals surface area contributed by atoms with E-state index >= 15 is 0 Å². The predicted octanol–water partition coefficient (Wildman–Crippen LogP) is 1.83. The summed E-state index contributed by atoms with van der Waals surface area (Å²) in [5, 5.41) is 4.46. The van der Waals surface area contributed by atoms with Crippen LogP contribution in [0.1, 0.15) is 23.7 Å². The molecule has 1 aromatic rings. The monoisotopic (exact) mass is 214 g/mol. The van der Waals surface area contributed by atoms with Gasteiger partial charge in [0.25, 0.3) is 0 Å². The van der Waals surface area contributed by atoms with Gasteiger partial charge in [0.2, 0.25) is 0 Å². The summed E-state index contributed by atoms with van der Waals surface area (Å²) in [5.74, 6) is 0. The summed E-state index contributed by atoms with van der Waals surface area (Å²) in [5.41, 5.74) is 0. The van der Waals surface area contributed by atoms with Gasteiger partial charge >= 0.3 is 0 Å². The van der Waals surface area contributed by atoms with Crippen LogP contribution in [0.3, 0.4) is 0 Å². The molecule has 0 aromatic carbocycles. The summed E-state index contributed by atoms with van der Waals surface area (Å²) in [6, 6.07) is 0. The maximum absolute atomic E-state index is 5.28. The second kappa shape index (κ2) is 6.92. The Labute approximate surface area is 89.5 Å². The highest BCUT2D eigenvalue weighted by atomic mass is 32.1. The molecule has 0 saturated heterocycles. The molecule has 4 heteroatoms. The van der Waals surface area contributed by atoms with Crippen molar-refractivity contribution >= 4 is 11.3 Å². The number of nitrogens with zero attached hydrogens (tertiary/aromatic N) is 1. The lowest BCUT2D eigenvalue weighted by molar-refractivity contribution is 0.151. The van der Waals surface area contributed by atoms with Crippen LogP contribution in [-0.4, -0.2) is 24.7 Å². The van der Waals surface area contributed by atoms with Crippen molar-refractivity contribution in [1.82, 2.24) is 10.3 Å². The van der Waals surface area contributed by atoms with Gasteiger partial charge in [-0.05, 0) is 13.5 Å². The minimum absolute atomic E-state index is 0.782. The molecule has 0 amide bonds. The molecule has 0 unspecified atom stereocenters. The molecular formula is C10H18N2OS. The molecule has 1 heterocycles. The summed E-state index contributed by atoms with van der Waals surface area (Å²) < 4.78 is 5.28. The molecule has 0 saturated carbocycles. The molecular weight excluding hydrogens is 196 g/mol. The summed E-state index contributed by atoms with van der Waals surface area (Å²) in [4.78, 5) is 5.64. The summed E-state index contributed by atoms with van der Waals surface area (Å²) in [6.07, 6.45) is 2.89. The Balaban J connectivity index is 2.27. The smallest absolute Gasteiger partial charge is 0.0951 e. The molecule has 0 atom stereocenters. The number of ether oxygens (including phenoxy) is 1. The van der Waals surface area contributed by atoms with Gasteiger partial charge in [-0.2, -0.15) is 0 Å². The lowest BCUT2D eigenvalue weighted by Gasteiger charge is -1.97. The Bertz CT molecular complexity index is 250. The minimum Gasteiger partial charge on any atom is -0.381 e. The van der Waals surface area contributed by atoms with E-state index in [-0.39, 0.29) is 0 Å². The van der Waals surface area contributed by atoms with Crippen LogP contribution in [0.4, 0.5) is 0 Å². The van der Waals surface area contributed by atoms with Crippen molar-refractivity contribution in [2.75, 3.05) is 19.8 Å². The highest BCUT2D eigenvalue weighted by Crippen LogP contribution is 2.13. The predicted molar refractivity (Wildman–Crippen MR) is 59.7 cm³/mol. The SMILES string of the molecule is CCNCc1cnc(CCOCC)s1. The van der Waals surface area contributed by atoms with Crippen LogP contribution >= 0.6 is 11.3 Å². The van der Waals surface area contributed by atoms with Crippen molar-refractivity contribution in [3.63, 3.8) is 0 Å². The lowest BCUT2D eigenvalue weighted by Crippen LogP contribution is -2.10. The zero-order chi connectivity index (χ0) is 10.2. The summed E-state index contributed by atoms with van der Waals surface area (Å²) in [7, 11) is 0. The lowest BCUT2D eigenvalue weighted by atomic mass is 10.5. The quantitative estimate of drug-likeness (QED) is 0.703. The first-order valence-corrected chi connectivity index (χ1v) is 5.90. The maximum Gasteiger partial charge on any atom is 0.0951 e. The van der Waals surface area contributed by atoms with Crippen LogP contribution in [0.25, 0.3) is 0 Å². The van der Waals surface area contributed by atoms with Crippen LogP contribution in [0.15, 0.2) is 6.20 Å². The first-order valence-electron chi connectivity index (χ1n) is 5.08. The third-order valence-corrected chi connectivity index (χ3v) is 2.87. The van der Waals surface area contributed by atoms with Gasteiger partial charge in [0.15, 0.2) is 0 Å². The van der Waals surface area contributed by atoms with Gasteiger partial charge in [-0.1, -0.05) is 6.92 Å². The van der Waals surface area contributed by atoms with Gasteiger partial charge in [0.05, 0.1) is 11.6 Å². The first kappa shape index (κ1) is 11.6. The highest BCUT2D eigenvalue weighted by Gasteiger charge is 2.00. The molecule has 0 aliphatic heterocycles. The molecule has 0 bridgehead atoms. The van der Waals surface area contributed by atoms with E-state index in [9.17, 15) is 0 Å². The zero-order valence-electron chi connectivity index (χ0n) is 8.88. The van der Waals surface area contributed by atoms with Gasteiger partial charge in [0, 0.05) is 30.6 Å². The van der Waals surface area contributed by atoms with Gasteiger partial charge in [-0.15, -0.1) is 11.3 Å². The Morgan fingerprint density at radius 1 is 1.50 bits per heavy atom. The molecule has 0 spiro atoms. The van der Waals surface area contributed by atoms with Crippen molar-refractivity contribution in [2.45, 2.75) is 26.8 Å². The zero-order valence-corrected chi connectivity index (χ0v) is 9.69. The third-order valence-electron chi connectivity index (χ3n) is 1.82. The van der Waals surface area contributed by atoms with Crippen molar-refractivity contribution in [3.8, 4) is 0 Å². The molecule has 14 heavy (non-hydrogen) atoms. The highest BCUT2D eigenvalue weighted by molar-refractivity contribution is 7.11. The van der Waals surface area contributed by atoms with Crippen LogP contribution in [0.2, 0.25) is 0 Å². The number of thiazole rings is 1. The Hall–Kier alpha value is -0.450. The normalized spacial score (nSPS) is 10.7. The van der Waals surface area contributed by atoms with E-state index < -0.39 is 0 Å². The van der Waals surface area contributed by atoms with Gasteiger partial charge in [-0.25, -0.2) is 4.98 Å². The van der Waals surface area contributed by atoms with E-state index in [1.54, 1.807) is 11.3 Å². The van der Waals surface area contributed by atoms with Gasteiger partial charge in [-0.3, -0.25) is 0 Å². The number of nitrogens with one attached hydrogen (secondary N) is 1. The van der Waals surface area contributed by atoms with Crippen LogP contribution in [-0.2, 0) is 17.7 Å². The second-order valence-corrected chi connectivity index (χ2v) is 4.15. The molecule has 1 aromatic heterocycles. The van der Waals surface area contributed by atoms with Gasteiger partial charge < -0.3 is 10.1 Å². The van der Waals surface area contributed by atoms with E-state index in [0.717, 1.165) is 32.7 Å². The van der Waals surface area contributed by atoms with Crippen LogP contribution in [0.5, 0.6) is 0 Å². The van der Waals surface area contributed by atoms with Crippen molar-refractivity contribution < 1.29 is 4.74 Å². The fraction of sp³-hybridized carbons (Fsp3) is 0.700. The maximum atomic E-state index is 5.28. The average molecular weight is 214 g/mol. The number of aromatic nitrogens is 1. The number of hydrogen-bond acceptors (Lipinski definition) is 4. The van der Waals surface area contributed by atoms with Gasteiger partial charge in [0.1, 0.15) is 0 Å².